The third-order valence-corrected chi connectivity index (χ3v) is 3.73. The summed E-state index contributed by atoms with van der Waals surface area (Å²) in [6, 6.07) is 4.85. The maximum atomic E-state index is 13.0. The third kappa shape index (κ3) is 3.91. The Kier molecular flexibility index (Phi) is 4.96. The Morgan fingerprint density at radius 2 is 2.30 bits per heavy atom. The smallest absolute Gasteiger partial charge is 0.238 e. The Morgan fingerprint density at radius 1 is 1.55 bits per heavy atom. The van der Waals surface area contributed by atoms with Crippen LogP contribution in [-0.4, -0.2) is 42.5 Å². The van der Waals surface area contributed by atoms with E-state index in [9.17, 15) is 9.18 Å². The van der Waals surface area contributed by atoms with E-state index in [2.05, 4.69) is 29.4 Å². The van der Waals surface area contributed by atoms with Crippen molar-refractivity contribution in [2.75, 3.05) is 25.0 Å². The first kappa shape index (κ1) is 15.2. The van der Waals surface area contributed by atoms with Crippen molar-refractivity contribution in [2.24, 2.45) is 0 Å². The monoisotopic (exact) mass is 299 g/mol. The number of nitrogens with one attached hydrogen (secondary N) is 2. The van der Waals surface area contributed by atoms with Crippen LogP contribution in [-0.2, 0) is 4.79 Å². The van der Waals surface area contributed by atoms with Gasteiger partial charge in [-0.2, -0.15) is 0 Å². The minimum atomic E-state index is -0.491. The van der Waals surface area contributed by atoms with Gasteiger partial charge < -0.3 is 10.6 Å². The van der Waals surface area contributed by atoms with Gasteiger partial charge in [-0.15, -0.1) is 0 Å². The number of hydrogen-bond acceptors (Lipinski definition) is 3. The van der Waals surface area contributed by atoms with Gasteiger partial charge in [0.1, 0.15) is 5.82 Å². The summed E-state index contributed by atoms with van der Waals surface area (Å²) >= 11 is 5.69. The molecule has 1 heterocycles. The van der Waals surface area contributed by atoms with Crippen LogP contribution in [0.25, 0.3) is 0 Å². The van der Waals surface area contributed by atoms with Gasteiger partial charge in [0, 0.05) is 30.9 Å². The molecule has 0 aliphatic carbocycles. The Hall–Kier alpha value is -1.17. The highest BCUT2D eigenvalue weighted by atomic mass is 35.5. The molecular weight excluding hydrogens is 281 g/mol. The van der Waals surface area contributed by atoms with Crippen LogP contribution in [0, 0.1) is 5.82 Å². The summed E-state index contributed by atoms with van der Waals surface area (Å²) in [5.74, 6) is -0.608. The lowest BCUT2D eigenvalue weighted by molar-refractivity contribution is -0.118. The minimum absolute atomic E-state index is 0.00645. The van der Waals surface area contributed by atoms with Gasteiger partial charge >= 0.3 is 0 Å². The molecular formula is C14H19ClFN3O. The van der Waals surface area contributed by atoms with Crippen LogP contribution in [0.2, 0.25) is 5.02 Å². The molecule has 2 atom stereocenters. The predicted octanol–water partition coefficient (Wildman–Crippen LogP) is 2.10. The average molecular weight is 300 g/mol. The SMILES string of the molecule is CC1CN(CC(=O)Nc2ccc(F)c(Cl)c2)C(C)CN1. The molecule has 0 spiro atoms. The summed E-state index contributed by atoms with van der Waals surface area (Å²) in [4.78, 5) is 14.1. The molecule has 1 aromatic carbocycles. The molecule has 2 N–H and O–H groups in total. The first-order chi connectivity index (χ1) is 9.45. The molecule has 1 fully saturated rings. The summed E-state index contributed by atoms with van der Waals surface area (Å²) < 4.78 is 13.0. The molecule has 1 aromatic rings. The zero-order valence-electron chi connectivity index (χ0n) is 11.6. The van der Waals surface area contributed by atoms with Crippen molar-refractivity contribution in [1.82, 2.24) is 10.2 Å². The van der Waals surface area contributed by atoms with E-state index in [0.29, 0.717) is 24.3 Å². The highest BCUT2D eigenvalue weighted by molar-refractivity contribution is 6.31. The molecule has 1 aliphatic rings. The predicted molar refractivity (Wildman–Crippen MR) is 78.5 cm³/mol. The molecule has 0 bridgehead atoms. The Balaban J connectivity index is 1.93. The maximum Gasteiger partial charge on any atom is 0.238 e. The van der Waals surface area contributed by atoms with Gasteiger partial charge in [0.25, 0.3) is 0 Å². The molecule has 1 amide bonds. The van der Waals surface area contributed by atoms with E-state index < -0.39 is 5.82 Å². The average Bonchev–Trinajstić information content (AvgIpc) is 2.38. The van der Waals surface area contributed by atoms with Crippen molar-refractivity contribution in [3.63, 3.8) is 0 Å². The second-order valence-corrected chi connectivity index (χ2v) is 5.67. The van der Waals surface area contributed by atoms with E-state index >= 15 is 0 Å². The highest BCUT2D eigenvalue weighted by Gasteiger charge is 2.24. The largest absolute Gasteiger partial charge is 0.325 e. The zero-order valence-corrected chi connectivity index (χ0v) is 12.4. The van der Waals surface area contributed by atoms with Crippen LogP contribution in [0.1, 0.15) is 13.8 Å². The molecule has 1 saturated heterocycles. The van der Waals surface area contributed by atoms with Crippen molar-refractivity contribution < 1.29 is 9.18 Å². The summed E-state index contributed by atoms with van der Waals surface area (Å²) in [6.45, 7) is 6.20. The molecule has 1 aliphatic heterocycles. The molecule has 20 heavy (non-hydrogen) atoms. The van der Waals surface area contributed by atoms with Gasteiger partial charge in [-0.05, 0) is 32.0 Å². The van der Waals surface area contributed by atoms with Crippen molar-refractivity contribution >= 4 is 23.2 Å². The Bertz CT molecular complexity index is 497. The van der Waals surface area contributed by atoms with Crippen LogP contribution in [0.3, 0.4) is 0 Å². The molecule has 2 rings (SSSR count). The molecule has 0 radical (unpaired) electrons. The normalized spacial score (nSPS) is 23.6. The molecule has 6 heteroatoms. The lowest BCUT2D eigenvalue weighted by Gasteiger charge is -2.36. The van der Waals surface area contributed by atoms with Gasteiger partial charge in [0.05, 0.1) is 11.6 Å². The van der Waals surface area contributed by atoms with Gasteiger partial charge in [0.15, 0.2) is 0 Å². The summed E-state index contributed by atoms with van der Waals surface area (Å²) in [7, 11) is 0. The van der Waals surface area contributed by atoms with E-state index in [1.54, 1.807) is 0 Å². The molecule has 0 aromatic heterocycles. The molecule has 2 unspecified atom stereocenters. The topological polar surface area (TPSA) is 44.4 Å². The van der Waals surface area contributed by atoms with Crippen LogP contribution in [0.5, 0.6) is 0 Å². The fourth-order valence-corrected chi connectivity index (χ4v) is 2.46. The molecule has 110 valence electrons. The van der Waals surface area contributed by atoms with Gasteiger partial charge in [-0.3, -0.25) is 9.69 Å². The number of carbonyl (C=O) groups excluding carboxylic acids is 1. The summed E-state index contributed by atoms with van der Waals surface area (Å²) in [5.41, 5.74) is 0.511. The fraction of sp³-hybridized carbons (Fsp3) is 0.500. The van der Waals surface area contributed by atoms with Crippen LogP contribution < -0.4 is 10.6 Å². The van der Waals surface area contributed by atoms with E-state index in [1.165, 1.54) is 18.2 Å². The van der Waals surface area contributed by atoms with Crippen molar-refractivity contribution in [2.45, 2.75) is 25.9 Å². The first-order valence-electron chi connectivity index (χ1n) is 6.68. The summed E-state index contributed by atoms with van der Waals surface area (Å²) in [5, 5.41) is 6.11. The van der Waals surface area contributed by atoms with Gasteiger partial charge in [-0.25, -0.2) is 4.39 Å². The van der Waals surface area contributed by atoms with Crippen molar-refractivity contribution in [1.29, 1.82) is 0 Å². The van der Waals surface area contributed by atoms with E-state index in [0.717, 1.165) is 13.1 Å². The third-order valence-electron chi connectivity index (χ3n) is 3.44. The number of piperazine rings is 1. The van der Waals surface area contributed by atoms with Crippen LogP contribution >= 0.6 is 11.6 Å². The second-order valence-electron chi connectivity index (χ2n) is 5.26. The van der Waals surface area contributed by atoms with Crippen molar-refractivity contribution in [3.8, 4) is 0 Å². The van der Waals surface area contributed by atoms with E-state index in [1.807, 2.05) is 0 Å². The molecule has 0 saturated carbocycles. The zero-order chi connectivity index (χ0) is 14.7. The minimum Gasteiger partial charge on any atom is -0.325 e. The van der Waals surface area contributed by atoms with Gasteiger partial charge in [-0.1, -0.05) is 11.6 Å². The van der Waals surface area contributed by atoms with E-state index in [-0.39, 0.29) is 10.9 Å². The number of anilines is 1. The van der Waals surface area contributed by atoms with Gasteiger partial charge in [0.2, 0.25) is 5.91 Å². The maximum absolute atomic E-state index is 13.0. The van der Waals surface area contributed by atoms with E-state index in [4.69, 9.17) is 11.6 Å². The first-order valence-corrected chi connectivity index (χ1v) is 7.06. The van der Waals surface area contributed by atoms with Crippen LogP contribution in [0.15, 0.2) is 18.2 Å². The highest BCUT2D eigenvalue weighted by Crippen LogP contribution is 2.19. The number of rotatable bonds is 3. The Morgan fingerprint density at radius 3 is 3.00 bits per heavy atom. The number of hydrogen-bond donors (Lipinski definition) is 2. The standard InChI is InChI=1S/C14H19ClFN3O/c1-9-7-19(10(2)6-17-9)8-14(20)18-11-3-4-13(16)12(15)5-11/h3-5,9-10,17H,6-8H2,1-2H3,(H,18,20). The van der Waals surface area contributed by atoms with Crippen molar-refractivity contribution in [3.05, 3.63) is 29.0 Å². The summed E-state index contributed by atoms with van der Waals surface area (Å²) in [6.07, 6.45) is 0. The second kappa shape index (κ2) is 6.52. The Labute approximate surface area is 123 Å². The number of nitrogens with zero attached hydrogens (tertiary/aromatic N) is 1. The lowest BCUT2D eigenvalue weighted by atomic mass is 10.1. The quantitative estimate of drug-likeness (QED) is 0.898. The number of benzene rings is 1. The number of amides is 1. The van der Waals surface area contributed by atoms with Crippen LogP contribution in [0.4, 0.5) is 10.1 Å². The number of halogens is 2. The fourth-order valence-electron chi connectivity index (χ4n) is 2.28. The lowest BCUT2D eigenvalue weighted by Crippen LogP contribution is -2.55. The molecule has 4 nitrogen and oxygen atoms in total. The number of carbonyl (C=O) groups is 1.